The van der Waals surface area contributed by atoms with Gasteiger partial charge in [0.25, 0.3) is 0 Å². The minimum absolute atomic E-state index is 0.318. The van der Waals surface area contributed by atoms with E-state index in [4.69, 9.17) is 9.47 Å². The molecule has 3 rings (SSSR count). The van der Waals surface area contributed by atoms with E-state index in [1.54, 1.807) is 12.1 Å². The van der Waals surface area contributed by atoms with Crippen molar-refractivity contribution >= 4 is 5.97 Å². The van der Waals surface area contributed by atoms with Crippen molar-refractivity contribution in [2.75, 3.05) is 13.7 Å². The number of ether oxygens (including phenoxy) is 2. The molecule has 3 aromatic rings. The molecule has 0 atom stereocenters. The quantitative estimate of drug-likeness (QED) is 0.535. The Bertz CT molecular complexity index is 898. The van der Waals surface area contributed by atoms with E-state index < -0.39 is 0 Å². The molecule has 0 unspecified atom stereocenters. The highest BCUT2D eigenvalue weighted by Crippen LogP contribution is 2.32. The molecule has 0 radical (unpaired) electrons. The normalized spacial score (nSPS) is 10.4. The molecule has 0 aliphatic carbocycles. The highest BCUT2D eigenvalue weighted by Gasteiger charge is 2.09. The number of rotatable bonds is 7. The summed E-state index contributed by atoms with van der Waals surface area (Å²) in [7, 11) is 1.39. The zero-order chi connectivity index (χ0) is 19.1. The third-order valence-electron chi connectivity index (χ3n) is 4.60. The second kappa shape index (κ2) is 9.04. The van der Waals surface area contributed by atoms with Crippen LogP contribution >= 0.6 is 0 Å². The van der Waals surface area contributed by atoms with E-state index in [1.165, 1.54) is 18.2 Å². The van der Waals surface area contributed by atoms with Gasteiger partial charge in [-0.2, -0.15) is 0 Å². The molecular weight excluding hydrogens is 336 g/mol. The summed E-state index contributed by atoms with van der Waals surface area (Å²) < 4.78 is 10.8. The second-order valence-electron chi connectivity index (χ2n) is 6.29. The Kier molecular flexibility index (Phi) is 6.26. The first-order valence-electron chi connectivity index (χ1n) is 9.20. The lowest BCUT2D eigenvalue weighted by atomic mass is 9.97. The number of benzene rings is 3. The first-order valence-corrected chi connectivity index (χ1v) is 9.20. The minimum Gasteiger partial charge on any atom is -0.493 e. The Morgan fingerprint density at radius 3 is 2.22 bits per heavy atom. The zero-order valence-corrected chi connectivity index (χ0v) is 15.8. The van der Waals surface area contributed by atoms with Crippen molar-refractivity contribution in [2.45, 2.75) is 19.8 Å². The maximum Gasteiger partial charge on any atom is 0.337 e. The number of aryl methyl sites for hydroxylation is 1. The zero-order valence-electron chi connectivity index (χ0n) is 15.8. The van der Waals surface area contributed by atoms with E-state index in [9.17, 15) is 4.79 Å². The van der Waals surface area contributed by atoms with Gasteiger partial charge in [-0.05, 0) is 41.3 Å². The van der Waals surface area contributed by atoms with Crippen LogP contribution in [0.15, 0.2) is 72.8 Å². The minimum atomic E-state index is -0.318. The lowest BCUT2D eigenvalue weighted by Crippen LogP contribution is -2.04. The molecule has 3 heteroatoms. The Labute approximate surface area is 160 Å². The second-order valence-corrected chi connectivity index (χ2v) is 6.29. The fourth-order valence-electron chi connectivity index (χ4n) is 3.11. The van der Waals surface area contributed by atoms with Gasteiger partial charge in [-0.3, -0.25) is 0 Å². The molecule has 0 spiro atoms. The number of para-hydroxylation sites is 1. The molecule has 0 aromatic heterocycles. The Hall–Kier alpha value is -3.07. The van der Waals surface area contributed by atoms with Gasteiger partial charge in [0.2, 0.25) is 0 Å². The van der Waals surface area contributed by atoms with E-state index in [-0.39, 0.29) is 5.97 Å². The van der Waals surface area contributed by atoms with Gasteiger partial charge in [-0.1, -0.05) is 61.5 Å². The maximum atomic E-state index is 11.5. The number of hydrogen-bond acceptors (Lipinski definition) is 3. The summed E-state index contributed by atoms with van der Waals surface area (Å²) in [6, 6.07) is 24.1. The SMILES string of the molecule is CCc1ccccc1-c1ccccc1OCCc1ccc(C(=O)OC)cc1. The van der Waals surface area contributed by atoms with Gasteiger partial charge in [0.15, 0.2) is 0 Å². The first kappa shape index (κ1) is 18.7. The molecule has 138 valence electrons. The predicted molar refractivity (Wildman–Crippen MR) is 108 cm³/mol. The smallest absolute Gasteiger partial charge is 0.337 e. The van der Waals surface area contributed by atoms with E-state index >= 15 is 0 Å². The molecule has 0 saturated heterocycles. The number of hydrogen-bond donors (Lipinski definition) is 0. The van der Waals surface area contributed by atoms with Crippen LogP contribution in [-0.4, -0.2) is 19.7 Å². The van der Waals surface area contributed by atoms with E-state index in [0.717, 1.165) is 29.7 Å². The molecule has 3 nitrogen and oxygen atoms in total. The van der Waals surface area contributed by atoms with Crippen LogP contribution in [0.5, 0.6) is 5.75 Å². The number of esters is 1. The van der Waals surface area contributed by atoms with Crippen molar-refractivity contribution in [1.29, 1.82) is 0 Å². The predicted octanol–water partition coefficient (Wildman–Crippen LogP) is 5.32. The topological polar surface area (TPSA) is 35.5 Å². The summed E-state index contributed by atoms with van der Waals surface area (Å²) in [5.41, 5.74) is 5.33. The maximum absolute atomic E-state index is 11.5. The van der Waals surface area contributed by atoms with Crippen LogP contribution in [-0.2, 0) is 17.6 Å². The standard InChI is InChI=1S/C24H24O3/c1-3-19-8-4-5-9-21(19)22-10-6-7-11-23(22)27-17-16-18-12-14-20(15-13-18)24(25)26-2/h4-15H,3,16-17H2,1-2H3. The average Bonchev–Trinajstić information content (AvgIpc) is 2.74. The molecule has 3 aromatic carbocycles. The van der Waals surface area contributed by atoms with E-state index in [0.29, 0.717) is 12.2 Å². The number of carbonyl (C=O) groups excluding carboxylic acids is 1. The summed E-state index contributed by atoms with van der Waals surface area (Å²) in [6.45, 7) is 2.74. The van der Waals surface area contributed by atoms with Crippen molar-refractivity contribution in [2.24, 2.45) is 0 Å². The fraction of sp³-hybridized carbons (Fsp3) is 0.208. The van der Waals surface area contributed by atoms with Crippen LogP contribution in [0.2, 0.25) is 0 Å². The Balaban J connectivity index is 1.69. The molecule has 0 fully saturated rings. The van der Waals surface area contributed by atoms with Crippen LogP contribution in [0.1, 0.15) is 28.4 Å². The summed E-state index contributed by atoms with van der Waals surface area (Å²) in [5.74, 6) is 0.575. The molecule has 0 N–H and O–H groups in total. The first-order chi connectivity index (χ1) is 13.2. The van der Waals surface area contributed by atoms with Gasteiger partial charge in [-0.15, -0.1) is 0 Å². The lowest BCUT2D eigenvalue weighted by molar-refractivity contribution is 0.0600. The largest absolute Gasteiger partial charge is 0.493 e. The molecule has 0 saturated carbocycles. The molecule has 0 amide bonds. The van der Waals surface area contributed by atoms with Crippen molar-refractivity contribution in [3.8, 4) is 16.9 Å². The summed E-state index contributed by atoms with van der Waals surface area (Å²) >= 11 is 0. The van der Waals surface area contributed by atoms with E-state index in [2.05, 4.69) is 37.3 Å². The molecule has 27 heavy (non-hydrogen) atoms. The molecular formula is C24H24O3. The Morgan fingerprint density at radius 1 is 0.852 bits per heavy atom. The van der Waals surface area contributed by atoms with Gasteiger partial charge >= 0.3 is 5.97 Å². The average molecular weight is 360 g/mol. The summed E-state index contributed by atoms with van der Waals surface area (Å²) in [6.07, 6.45) is 1.75. The van der Waals surface area contributed by atoms with Gasteiger partial charge in [0.1, 0.15) is 5.75 Å². The van der Waals surface area contributed by atoms with E-state index in [1.807, 2.05) is 30.3 Å². The molecule has 0 aliphatic rings. The van der Waals surface area contributed by atoms with Crippen LogP contribution in [0, 0.1) is 0 Å². The number of methoxy groups -OCH3 is 1. The van der Waals surface area contributed by atoms with Gasteiger partial charge in [-0.25, -0.2) is 4.79 Å². The van der Waals surface area contributed by atoms with Crippen molar-refractivity contribution in [3.63, 3.8) is 0 Å². The van der Waals surface area contributed by atoms with Crippen LogP contribution in [0.4, 0.5) is 0 Å². The lowest BCUT2D eigenvalue weighted by Gasteiger charge is -2.14. The van der Waals surface area contributed by atoms with Gasteiger partial charge < -0.3 is 9.47 Å². The third-order valence-corrected chi connectivity index (χ3v) is 4.60. The highest BCUT2D eigenvalue weighted by molar-refractivity contribution is 5.89. The van der Waals surface area contributed by atoms with Gasteiger partial charge in [0.05, 0.1) is 19.3 Å². The fourth-order valence-corrected chi connectivity index (χ4v) is 3.11. The van der Waals surface area contributed by atoms with Crippen molar-refractivity contribution in [3.05, 3.63) is 89.5 Å². The number of carbonyl (C=O) groups is 1. The highest BCUT2D eigenvalue weighted by atomic mass is 16.5. The Morgan fingerprint density at radius 2 is 1.52 bits per heavy atom. The monoisotopic (exact) mass is 360 g/mol. The van der Waals surface area contributed by atoms with Gasteiger partial charge in [0, 0.05) is 12.0 Å². The molecule has 0 heterocycles. The summed E-state index contributed by atoms with van der Waals surface area (Å²) in [4.78, 5) is 11.5. The van der Waals surface area contributed by atoms with Crippen LogP contribution in [0.25, 0.3) is 11.1 Å². The molecule has 0 bridgehead atoms. The van der Waals surface area contributed by atoms with Crippen molar-refractivity contribution in [1.82, 2.24) is 0 Å². The van der Waals surface area contributed by atoms with Crippen molar-refractivity contribution < 1.29 is 14.3 Å². The third kappa shape index (κ3) is 4.56. The molecule has 0 aliphatic heterocycles. The van der Waals surface area contributed by atoms with Crippen LogP contribution < -0.4 is 4.74 Å². The summed E-state index contributed by atoms with van der Waals surface area (Å²) in [5, 5.41) is 0. The van der Waals surface area contributed by atoms with Crippen LogP contribution in [0.3, 0.4) is 0 Å².